The van der Waals surface area contributed by atoms with E-state index in [4.69, 9.17) is 16.3 Å². The lowest BCUT2D eigenvalue weighted by Crippen LogP contribution is -1.92. The third kappa shape index (κ3) is 4.62. The topological polar surface area (TPSA) is 26.3 Å². The summed E-state index contributed by atoms with van der Waals surface area (Å²) in [5.74, 6) is 0.770. The predicted octanol–water partition coefficient (Wildman–Crippen LogP) is 4.80. The van der Waals surface area contributed by atoms with Gasteiger partial charge in [-0.2, -0.15) is 0 Å². The van der Waals surface area contributed by atoms with Crippen LogP contribution in [-0.4, -0.2) is 12.9 Å². The highest BCUT2D eigenvalue weighted by atomic mass is 35.5. The average molecular weight is 299 g/mol. The second-order valence-corrected chi connectivity index (χ2v) is 4.80. The van der Waals surface area contributed by atoms with Crippen LogP contribution in [-0.2, 0) is 0 Å². The van der Waals surface area contributed by atoms with Gasteiger partial charge in [0.2, 0.25) is 0 Å². The first kappa shape index (κ1) is 15.1. The molecule has 2 aromatic carbocycles. The molecule has 0 aliphatic heterocycles. The first-order valence-electron chi connectivity index (χ1n) is 6.48. The molecule has 0 unspecified atom stereocenters. The molecule has 0 saturated heterocycles. The van der Waals surface area contributed by atoms with Gasteiger partial charge in [-0.25, -0.2) is 0 Å². The number of carbonyl (C=O) groups excluding carboxylic acids is 1. The number of methoxy groups -OCH3 is 1. The van der Waals surface area contributed by atoms with Crippen molar-refractivity contribution in [3.05, 3.63) is 82.9 Å². The highest BCUT2D eigenvalue weighted by molar-refractivity contribution is 6.30. The number of rotatable bonds is 5. The number of allylic oxidation sites excluding steroid dienone is 3. The minimum atomic E-state index is -0.0500. The zero-order valence-corrected chi connectivity index (χ0v) is 12.4. The van der Waals surface area contributed by atoms with Crippen LogP contribution in [0, 0.1) is 0 Å². The van der Waals surface area contributed by atoms with Gasteiger partial charge in [-0.3, -0.25) is 4.79 Å². The summed E-state index contributed by atoms with van der Waals surface area (Å²) in [5.41, 5.74) is 1.66. The molecule has 0 N–H and O–H groups in total. The van der Waals surface area contributed by atoms with Crippen LogP contribution in [0.3, 0.4) is 0 Å². The number of hydrogen-bond donors (Lipinski definition) is 0. The number of halogens is 1. The van der Waals surface area contributed by atoms with Crippen molar-refractivity contribution in [2.24, 2.45) is 0 Å². The van der Waals surface area contributed by atoms with Crippen molar-refractivity contribution in [1.82, 2.24) is 0 Å². The van der Waals surface area contributed by atoms with E-state index in [-0.39, 0.29) is 5.78 Å². The van der Waals surface area contributed by atoms with E-state index in [0.717, 1.165) is 11.3 Å². The van der Waals surface area contributed by atoms with E-state index >= 15 is 0 Å². The zero-order valence-electron chi connectivity index (χ0n) is 11.6. The molecule has 106 valence electrons. The third-order valence-electron chi connectivity index (χ3n) is 2.89. The minimum absolute atomic E-state index is 0.0500. The molecule has 0 fully saturated rings. The molecule has 0 bridgehead atoms. The summed E-state index contributed by atoms with van der Waals surface area (Å²) in [6.45, 7) is 0. The smallest absolute Gasteiger partial charge is 0.185 e. The van der Waals surface area contributed by atoms with Crippen molar-refractivity contribution in [3.63, 3.8) is 0 Å². The van der Waals surface area contributed by atoms with E-state index < -0.39 is 0 Å². The van der Waals surface area contributed by atoms with Gasteiger partial charge in [-0.1, -0.05) is 42.0 Å². The van der Waals surface area contributed by atoms with E-state index in [1.165, 1.54) is 6.08 Å². The predicted molar refractivity (Wildman–Crippen MR) is 87.0 cm³/mol. The molecule has 0 atom stereocenters. The fraction of sp³-hybridized carbons (Fsp3) is 0.0556. The number of ketones is 1. The highest BCUT2D eigenvalue weighted by Crippen LogP contribution is 2.13. The molecule has 0 amide bonds. The van der Waals surface area contributed by atoms with E-state index in [1.54, 1.807) is 37.5 Å². The average Bonchev–Trinajstić information content (AvgIpc) is 2.52. The third-order valence-corrected chi connectivity index (χ3v) is 3.14. The van der Waals surface area contributed by atoms with Gasteiger partial charge in [0, 0.05) is 10.6 Å². The van der Waals surface area contributed by atoms with Crippen LogP contribution in [0.5, 0.6) is 5.75 Å². The fourth-order valence-corrected chi connectivity index (χ4v) is 1.86. The summed E-state index contributed by atoms with van der Waals surface area (Å²) in [5, 5.41) is 0.620. The molecule has 0 spiro atoms. The second kappa shape index (κ2) is 7.46. The normalized spacial score (nSPS) is 11.1. The van der Waals surface area contributed by atoms with Crippen LogP contribution in [0.25, 0.3) is 6.08 Å². The van der Waals surface area contributed by atoms with Gasteiger partial charge >= 0.3 is 0 Å². The number of benzene rings is 2. The molecule has 2 aromatic rings. The molecule has 0 heterocycles. The molecule has 0 saturated carbocycles. The summed E-state index contributed by atoms with van der Waals surface area (Å²) in [7, 11) is 1.63. The Morgan fingerprint density at radius 1 is 1.00 bits per heavy atom. The Balaban J connectivity index is 1.96. The summed E-state index contributed by atoms with van der Waals surface area (Å²) in [6, 6.07) is 14.5. The lowest BCUT2D eigenvalue weighted by atomic mass is 10.1. The molecule has 0 radical (unpaired) electrons. The molecular weight excluding hydrogens is 284 g/mol. The molecule has 2 nitrogen and oxygen atoms in total. The van der Waals surface area contributed by atoms with Gasteiger partial charge in [0.15, 0.2) is 5.78 Å². The van der Waals surface area contributed by atoms with Crippen LogP contribution >= 0.6 is 11.6 Å². The molecule has 3 heteroatoms. The molecule has 0 aromatic heterocycles. The fourth-order valence-electron chi connectivity index (χ4n) is 1.74. The lowest BCUT2D eigenvalue weighted by Gasteiger charge is -1.98. The van der Waals surface area contributed by atoms with E-state index in [0.29, 0.717) is 10.6 Å². The SMILES string of the molecule is COc1ccc(C=CC=CC(=O)c2ccc(Cl)cc2)cc1. The van der Waals surface area contributed by atoms with Gasteiger partial charge in [-0.05, 0) is 48.0 Å². The van der Waals surface area contributed by atoms with Crippen LogP contribution in [0.4, 0.5) is 0 Å². The maximum atomic E-state index is 11.9. The van der Waals surface area contributed by atoms with E-state index in [2.05, 4.69) is 0 Å². The zero-order chi connectivity index (χ0) is 15.1. The summed E-state index contributed by atoms with van der Waals surface area (Å²) >= 11 is 5.78. The molecule has 21 heavy (non-hydrogen) atoms. The van der Waals surface area contributed by atoms with E-state index in [9.17, 15) is 4.79 Å². The minimum Gasteiger partial charge on any atom is -0.497 e. The Morgan fingerprint density at radius 2 is 1.67 bits per heavy atom. The largest absolute Gasteiger partial charge is 0.497 e. The van der Waals surface area contributed by atoms with Crippen LogP contribution in [0.2, 0.25) is 5.02 Å². The molecule has 2 rings (SSSR count). The summed E-state index contributed by atoms with van der Waals surface area (Å²) in [6.07, 6.45) is 7.01. The van der Waals surface area contributed by atoms with Crippen molar-refractivity contribution < 1.29 is 9.53 Å². The number of carbonyl (C=O) groups is 1. The maximum absolute atomic E-state index is 11.9. The van der Waals surface area contributed by atoms with Gasteiger partial charge < -0.3 is 4.74 Å². The highest BCUT2D eigenvalue weighted by Gasteiger charge is 1.99. The van der Waals surface area contributed by atoms with E-state index in [1.807, 2.05) is 36.4 Å². The van der Waals surface area contributed by atoms with Crippen LogP contribution < -0.4 is 4.74 Å². The van der Waals surface area contributed by atoms with Crippen LogP contribution in [0.1, 0.15) is 15.9 Å². The Bertz CT molecular complexity index is 653. The Morgan fingerprint density at radius 3 is 2.29 bits per heavy atom. The summed E-state index contributed by atoms with van der Waals surface area (Å²) in [4.78, 5) is 11.9. The molecular formula is C18H15ClO2. The van der Waals surface area contributed by atoms with Crippen molar-refractivity contribution in [2.45, 2.75) is 0 Å². The van der Waals surface area contributed by atoms with Crippen molar-refractivity contribution in [2.75, 3.05) is 7.11 Å². The Hall–Kier alpha value is -2.32. The Kier molecular flexibility index (Phi) is 5.35. The lowest BCUT2D eigenvalue weighted by molar-refractivity contribution is 0.104. The first-order chi connectivity index (χ1) is 10.2. The summed E-state index contributed by atoms with van der Waals surface area (Å²) < 4.78 is 5.09. The Labute approximate surface area is 129 Å². The monoisotopic (exact) mass is 298 g/mol. The second-order valence-electron chi connectivity index (χ2n) is 4.36. The van der Waals surface area contributed by atoms with Crippen LogP contribution in [0.15, 0.2) is 66.8 Å². The van der Waals surface area contributed by atoms with Gasteiger partial charge in [0.1, 0.15) is 5.75 Å². The van der Waals surface area contributed by atoms with Crippen molar-refractivity contribution in [1.29, 1.82) is 0 Å². The maximum Gasteiger partial charge on any atom is 0.185 e. The number of hydrogen-bond acceptors (Lipinski definition) is 2. The van der Waals surface area contributed by atoms with Crippen molar-refractivity contribution in [3.8, 4) is 5.75 Å². The van der Waals surface area contributed by atoms with Gasteiger partial charge in [0.25, 0.3) is 0 Å². The van der Waals surface area contributed by atoms with Gasteiger partial charge in [-0.15, -0.1) is 0 Å². The van der Waals surface area contributed by atoms with Gasteiger partial charge in [0.05, 0.1) is 7.11 Å². The number of ether oxygens (including phenoxy) is 1. The molecule has 0 aliphatic carbocycles. The molecule has 0 aliphatic rings. The van der Waals surface area contributed by atoms with Crippen molar-refractivity contribution >= 4 is 23.5 Å². The first-order valence-corrected chi connectivity index (χ1v) is 6.85. The quantitative estimate of drug-likeness (QED) is 0.450. The standard InChI is InChI=1S/C18H15ClO2/c1-21-17-12-6-14(7-13-17)4-2-3-5-18(20)15-8-10-16(19)11-9-15/h2-13H,1H3.